The lowest BCUT2D eigenvalue weighted by molar-refractivity contribution is 0.856. The minimum Gasteiger partial charge on any atom is -0.358 e. The third kappa shape index (κ3) is 3.34. The topological polar surface area (TPSA) is 29.0 Å². The lowest BCUT2D eigenvalue weighted by Gasteiger charge is -2.18. The van der Waals surface area contributed by atoms with Gasteiger partial charge in [0.2, 0.25) is 0 Å². The molecule has 0 aliphatic rings. The van der Waals surface area contributed by atoms with Gasteiger partial charge in [0.1, 0.15) is 11.3 Å². The second-order valence-electron chi connectivity index (χ2n) is 3.99. The molecule has 0 fully saturated rings. The van der Waals surface area contributed by atoms with Crippen LogP contribution >= 0.6 is 23.2 Å². The monoisotopic (exact) mass is 281 g/mol. The molecule has 0 spiro atoms. The molecule has 1 aromatic heterocycles. The van der Waals surface area contributed by atoms with Crippen molar-refractivity contribution in [2.75, 3.05) is 18.5 Å². The van der Waals surface area contributed by atoms with Gasteiger partial charge in [0.05, 0.1) is 6.20 Å². The Balaban J connectivity index is 1.98. The van der Waals surface area contributed by atoms with Gasteiger partial charge in [0, 0.05) is 18.6 Å². The fraction of sp³-hybridized carbons (Fsp3) is 0.231. The van der Waals surface area contributed by atoms with E-state index in [0.29, 0.717) is 5.02 Å². The van der Waals surface area contributed by atoms with E-state index in [1.54, 1.807) is 6.20 Å². The van der Waals surface area contributed by atoms with Crippen LogP contribution in [0.5, 0.6) is 0 Å². The molecule has 0 atom stereocenters. The number of hydrogen-bond acceptors (Lipinski definition) is 3. The lowest BCUT2D eigenvalue weighted by Crippen LogP contribution is -2.21. The molecule has 1 aromatic carbocycles. The minimum absolute atomic E-state index is 0.566. The minimum atomic E-state index is 0.566. The quantitative estimate of drug-likeness (QED) is 0.860. The van der Waals surface area contributed by atoms with Gasteiger partial charge in [-0.25, -0.2) is 9.97 Å². The molecule has 0 aliphatic heterocycles. The second kappa shape index (κ2) is 6.03. The Hall–Kier alpha value is -1.32. The van der Waals surface area contributed by atoms with Gasteiger partial charge >= 0.3 is 0 Å². The maximum Gasteiger partial charge on any atom is 0.150 e. The van der Waals surface area contributed by atoms with Crippen molar-refractivity contribution in [1.82, 2.24) is 9.97 Å². The third-order valence-electron chi connectivity index (χ3n) is 2.66. The summed E-state index contributed by atoms with van der Waals surface area (Å²) in [4.78, 5) is 10.0. The molecule has 1 heterocycles. The third-order valence-corrected chi connectivity index (χ3v) is 3.18. The molecule has 3 nitrogen and oxygen atoms in total. The summed E-state index contributed by atoms with van der Waals surface area (Å²) in [7, 11) is 1.96. The summed E-state index contributed by atoms with van der Waals surface area (Å²) < 4.78 is 0. The Bertz CT molecular complexity index is 514. The van der Waals surface area contributed by atoms with Crippen LogP contribution in [0.3, 0.4) is 0 Å². The second-order valence-corrected chi connectivity index (χ2v) is 4.84. The van der Waals surface area contributed by atoms with E-state index in [1.165, 1.54) is 11.9 Å². The van der Waals surface area contributed by atoms with Crippen LogP contribution in [0.1, 0.15) is 5.56 Å². The van der Waals surface area contributed by atoms with Crippen LogP contribution in [-0.4, -0.2) is 23.6 Å². The molecule has 0 unspecified atom stereocenters. The number of benzene rings is 1. The van der Waals surface area contributed by atoms with Gasteiger partial charge in [-0.2, -0.15) is 0 Å². The van der Waals surface area contributed by atoms with Crippen molar-refractivity contribution < 1.29 is 0 Å². The first-order valence-electron chi connectivity index (χ1n) is 5.58. The highest BCUT2D eigenvalue weighted by atomic mass is 35.5. The average Bonchev–Trinajstić information content (AvgIpc) is 2.38. The van der Waals surface area contributed by atoms with Crippen LogP contribution in [0, 0.1) is 0 Å². The fourth-order valence-electron chi connectivity index (χ4n) is 1.64. The average molecular weight is 282 g/mol. The number of anilines is 1. The van der Waals surface area contributed by atoms with Gasteiger partial charge in [-0.1, -0.05) is 35.3 Å². The SMILES string of the molecule is CN(CCc1ccc(Cl)cc1)c1ncncc1Cl. The molecule has 0 N–H and O–H groups in total. The number of hydrogen-bond donors (Lipinski definition) is 0. The highest BCUT2D eigenvalue weighted by Gasteiger charge is 2.07. The van der Waals surface area contributed by atoms with Crippen LogP contribution in [0.15, 0.2) is 36.8 Å². The van der Waals surface area contributed by atoms with E-state index in [-0.39, 0.29) is 0 Å². The van der Waals surface area contributed by atoms with Gasteiger partial charge in [0.15, 0.2) is 5.82 Å². The van der Waals surface area contributed by atoms with Gasteiger partial charge < -0.3 is 4.90 Å². The highest BCUT2D eigenvalue weighted by molar-refractivity contribution is 6.32. The Morgan fingerprint density at radius 2 is 1.89 bits per heavy atom. The maximum absolute atomic E-state index is 6.04. The molecule has 0 radical (unpaired) electrons. The summed E-state index contributed by atoms with van der Waals surface area (Å²) in [5.41, 5.74) is 1.23. The molecule has 0 amide bonds. The summed E-state index contributed by atoms with van der Waals surface area (Å²) >= 11 is 11.9. The summed E-state index contributed by atoms with van der Waals surface area (Å²) in [5.74, 6) is 0.751. The first-order valence-corrected chi connectivity index (χ1v) is 6.33. The molecule has 2 rings (SSSR count). The Morgan fingerprint density at radius 1 is 1.17 bits per heavy atom. The molecule has 0 aliphatic carbocycles. The van der Waals surface area contributed by atoms with Crippen molar-refractivity contribution in [1.29, 1.82) is 0 Å². The predicted molar refractivity (Wildman–Crippen MR) is 75.5 cm³/mol. The number of likely N-dealkylation sites (N-methyl/N-ethyl adjacent to an activating group) is 1. The zero-order valence-corrected chi connectivity index (χ0v) is 11.5. The van der Waals surface area contributed by atoms with E-state index in [2.05, 4.69) is 9.97 Å². The normalized spacial score (nSPS) is 10.4. The molecule has 0 bridgehead atoms. The van der Waals surface area contributed by atoms with Crippen molar-refractivity contribution in [2.45, 2.75) is 6.42 Å². The zero-order chi connectivity index (χ0) is 13.0. The Morgan fingerprint density at radius 3 is 2.56 bits per heavy atom. The van der Waals surface area contributed by atoms with Crippen LogP contribution in [-0.2, 0) is 6.42 Å². The molecule has 94 valence electrons. The number of halogens is 2. The van der Waals surface area contributed by atoms with E-state index >= 15 is 0 Å². The van der Waals surface area contributed by atoms with Crippen LogP contribution in [0.4, 0.5) is 5.82 Å². The molecule has 2 aromatic rings. The first kappa shape index (κ1) is 13.1. The highest BCUT2D eigenvalue weighted by Crippen LogP contribution is 2.20. The van der Waals surface area contributed by atoms with Crippen LogP contribution < -0.4 is 4.90 Å². The smallest absolute Gasteiger partial charge is 0.150 e. The first-order chi connectivity index (χ1) is 8.66. The van der Waals surface area contributed by atoms with Crippen molar-refractivity contribution in [3.63, 3.8) is 0 Å². The lowest BCUT2D eigenvalue weighted by atomic mass is 10.1. The molecular weight excluding hydrogens is 269 g/mol. The molecular formula is C13H13Cl2N3. The van der Waals surface area contributed by atoms with E-state index in [9.17, 15) is 0 Å². The van der Waals surface area contributed by atoms with Crippen LogP contribution in [0.25, 0.3) is 0 Å². The zero-order valence-electron chi connectivity index (χ0n) is 9.98. The van der Waals surface area contributed by atoms with Crippen molar-refractivity contribution in [2.24, 2.45) is 0 Å². The summed E-state index contributed by atoms with van der Waals surface area (Å²) in [6.45, 7) is 0.832. The van der Waals surface area contributed by atoms with E-state index < -0.39 is 0 Å². The fourth-order valence-corrected chi connectivity index (χ4v) is 2.02. The van der Waals surface area contributed by atoms with Gasteiger partial charge in [-0.05, 0) is 24.1 Å². The van der Waals surface area contributed by atoms with Gasteiger partial charge in [-0.15, -0.1) is 0 Å². The predicted octanol–water partition coefficient (Wildman–Crippen LogP) is 3.46. The Labute approximate surface area is 116 Å². The van der Waals surface area contributed by atoms with Crippen molar-refractivity contribution in [3.05, 3.63) is 52.4 Å². The van der Waals surface area contributed by atoms with Gasteiger partial charge in [0.25, 0.3) is 0 Å². The molecule has 18 heavy (non-hydrogen) atoms. The summed E-state index contributed by atoms with van der Waals surface area (Å²) in [5, 5.41) is 1.32. The van der Waals surface area contributed by atoms with E-state index in [4.69, 9.17) is 23.2 Å². The van der Waals surface area contributed by atoms with E-state index in [1.807, 2.05) is 36.2 Å². The molecule has 0 saturated carbocycles. The largest absolute Gasteiger partial charge is 0.358 e. The maximum atomic E-state index is 6.04. The Kier molecular flexibility index (Phi) is 4.39. The standard InChI is InChI=1S/C13H13Cl2N3/c1-18(13-12(15)8-16-9-17-13)7-6-10-2-4-11(14)5-3-10/h2-5,8-9H,6-7H2,1H3. The van der Waals surface area contributed by atoms with Gasteiger partial charge in [-0.3, -0.25) is 0 Å². The van der Waals surface area contributed by atoms with E-state index in [0.717, 1.165) is 23.8 Å². The summed E-state index contributed by atoms with van der Waals surface area (Å²) in [6, 6.07) is 7.85. The number of rotatable bonds is 4. The number of aromatic nitrogens is 2. The van der Waals surface area contributed by atoms with Crippen molar-refractivity contribution in [3.8, 4) is 0 Å². The molecule has 0 saturated heterocycles. The van der Waals surface area contributed by atoms with Crippen LogP contribution in [0.2, 0.25) is 10.0 Å². The number of nitrogens with zero attached hydrogens (tertiary/aromatic N) is 3. The summed E-state index contributed by atoms with van der Waals surface area (Å²) in [6.07, 6.45) is 4.01. The molecule has 5 heteroatoms. The van der Waals surface area contributed by atoms with Crippen molar-refractivity contribution >= 4 is 29.0 Å².